The first-order chi connectivity index (χ1) is 7.98. The third-order valence-corrected chi connectivity index (χ3v) is 2.91. The van der Waals surface area contributed by atoms with E-state index in [4.69, 9.17) is 12.2 Å². The van der Waals surface area contributed by atoms with Gasteiger partial charge in [-0.3, -0.25) is 0 Å². The molecule has 0 unspecified atom stereocenters. The molecule has 0 nitrogen and oxygen atoms in total. The quantitative estimate of drug-likeness (QED) is 0.668. The van der Waals surface area contributed by atoms with E-state index >= 15 is 0 Å². The molecule has 0 fully saturated rings. The highest BCUT2D eigenvalue weighted by Crippen LogP contribution is 2.30. The van der Waals surface area contributed by atoms with Gasteiger partial charge in [0.25, 0.3) is 0 Å². The van der Waals surface area contributed by atoms with Crippen LogP contribution in [0.15, 0.2) is 42.5 Å². The molecule has 88 valence electrons. The van der Waals surface area contributed by atoms with Crippen LogP contribution in [0, 0.1) is 0 Å². The molecular weight excluding hydrogens is 245 g/mol. The Labute approximate surface area is 102 Å². The monoisotopic (exact) mass is 254 g/mol. The fraction of sp³-hybridized carbons (Fsp3) is 0.154. The molecule has 2 rings (SSSR count). The van der Waals surface area contributed by atoms with E-state index in [1.165, 1.54) is 12.1 Å². The van der Waals surface area contributed by atoms with Crippen LogP contribution in [0.4, 0.5) is 13.2 Å². The lowest BCUT2D eigenvalue weighted by molar-refractivity contribution is -0.137. The SMILES string of the molecule is FC(F)(F)c1ccc(C2=CC=CCC2=S)cc1. The van der Waals surface area contributed by atoms with Gasteiger partial charge in [-0.15, -0.1) is 0 Å². The highest BCUT2D eigenvalue weighted by Gasteiger charge is 2.30. The maximum atomic E-state index is 12.4. The van der Waals surface area contributed by atoms with E-state index in [1.807, 2.05) is 18.2 Å². The van der Waals surface area contributed by atoms with Crippen molar-refractivity contribution < 1.29 is 13.2 Å². The van der Waals surface area contributed by atoms with Crippen molar-refractivity contribution in [2.75, 3.05) is 0 Å². The lowest BCUT2D eigenvalue weighted by Gasteiger charge is -2.12. The first-order valence-electron chi connectivity index (χ1n) is 5.06. The Morgan fingerprint density at radius 2 is 1.71 bits per heavy atom. The van der Waals surface area contributed by atoms with Gasteiger partial charge in [0.15, 0.2) is 0 Å². The fourth-order valence-electron chi connectivity index (χ4n) is 1.64. The number of halogens is 3. The second kappa shape index (κ2) is 4.45. The molecule has 0 spiro atoms. The molecule has 0 radical (unpaired) electrons. The molecule has 0 amide bonds. The Bertz CT molecular complexity index is 492. The van der Waals surface area contributed by atoms with Crippen molar-refractivity contribution in [2.45, 2.75) is 12.6 Å². The summed E-state index contributed by atoms with van der Waals surface area (Å²) in [5, 5.41) is 0. The van der Waals surface area contributed by atoms with Crippen LogP contribution in [0.5, 0.6) is 0 Å². The molecule has 0 N–H and O–H groups in total. The topological polar surface area (TPSA) is 0 Å². The maximum absolute atomic E-state index is 12.4. The van der Waals surface area contributed by atoms with Gasteiger partial charge in [0, 0.05) is 11.3 Å². The Balaban J connectivity index is 2.33. The minimum Gasteiger partial charge on any atom is -0.166 e. The van der Waals surface area contributed by atoms with E-state index in [1.54, 1.807) is 0 Å². The molecule has 1 aliphatic rings. The molecule has 1 aromatic rings. The highest BCUT2D eigenvalue weighted by atomic mass is 32.1. The summed E-state index contributed by atoms with van der Waals surface area (Å²) < 4.78 is 37.2. The van der Waals surface area contributed by atoms with Crippen molar-refractivity contribution in [3.63, 3.8) is 0 Å². The van der Waals surface area contributed by atoms with Gasteiger partial charge in [0.05, 0.1) is 5.56 Å². The molecule has 0 atom stereocenters. The van der Waals surface area contributed by atoms with Crippen LogP contribution >= 0.6 is 12.2 Å². The van der Waals surface area contributed by atoms with Crippen molar-refractivity contribution in [3.05, 3.63) is 53.6 Å². The summed E-state index contributed by atoms with van der Waals surface area (Å²) in [5.41, 5.74) is 0.919. The number of hydrogen-bond acceptors (Lipinski definition) is 1. The summed E-state index contributed by atoms with van der Waals surface area (Å²) in [6.07, 6.45) is 2.00. The molecule has 0 aliphatic heterocycles. The fourth-order valence-corrected chi connectivity index (χ4v) is 1.92. The molecule has 0 bridgehead atoms. The van der Waals surface area contributed by atoms with Crippen molar-refractivity contribution in [2.24, 2.45) is 0 Å². The molecule has 0 saturated heterocycles. The minimum atomic E-state index is -4.29. The predicted octanol–water partition coefficient (Wildman–Crippen LogP) is 4.42. The average molecular weight is 254 g/mol. The average Bonchev–Trinajstić information content (AvgIpc) is 2.29. The van der Waals surface area contributed by atoms with Crippen LogP contribution < -0.4 is 0 Å². The second-order valence-electron chi connectivity index (χ2n) is 3.71. The molecule has 0 heterocycles. The van der Waals surface area contributed by atoms with Crippen LogP contribution in [0.1, 0.15) is 17.5 Å². The summed E-state index contributed by atoms with van der Waals surface area (Å²) >= 11 is 5.17. The van der Waals surface area contributed by atoms with E-state index in [2.05, 4.69) is 0 Å². The number of allylic oxidation sites excluding steroid dienone is 4. The van der Waals surface area contributed by atoms with Gasteiger partial charge in [-0.25, -0.2) is 0 Å². The van der Waals surface area contributed by atoms with Crippen molar-refractivity contribution in [1.29, 1.82) is 0 Å². The summed E-state index contributed by atoms with van der Waals surface area (Å²) in [6, 6.07) is 5.08. The van der Waals surface area contributed by atoms with Crippen molar-refractivity contribution in [1.82, 2.24) is 0 Å². The van der Waals surface area contributed by atoms with Gasteiger partial charge in [-0.1, -0.05) is 42.6 Å². The van der Waals surface area contributed by atoms with Crippen LogP contribution in [-0.2, 0) is 6.18 Å². The molecule has 0 aromatic heterocycles. The second-order valence-corrected chi connectivity index (χ2v) is 4.20. The minimum absolute atomic E-state index is 0.640. The first-order valence-corrected chi connectivity index (χ1v) is 5.47. The number of hydrogen-bond donors (Lipinski definition) is 0. The molecule has 1 aromatic carbocycles. The summed E-state index contributed by atoms with van der Waals surface area (Å²) in [6.45, 7) is 0. The van der Waals surface area contributed by atoms with Gasteiger partial charge in [0.1, 0.15) is 0 Å². The smallest absolute Gasteiger partial charge is 0.166 e. The standard InChI is InChI=1S/C13H9F3S/c14-13(15,16)10-7-5-9(6-8-10)11-3-1-2-4-12(11)17/h1-3,5-8H,4H2. The molecular formula is C13H9F3S. The Kier molecular flexibility index (Phi) is 3.15. The molecule has 4 heteroatoms. The zero-order valence-electron chi connectivity index (χ0n) is 8.79. The summed E-state index contributed by atoms with van der Waals surface area (Å²) in [7, 11) is 0. The predicted molar refractivity (Wildman–Crippen MR) is 65.8 cm³/mol. The molecule has 17 heavy (non-hydrogen) atoms. The molecule has 0 saturated carbocycles. The van der Waals surface area contributed by atoms with Crippen molar-refractivity contribution >= 4 is 22.7 Å². The number of benzene rings is 1. The van der Waals surface area contributed by atoms with Crippen LogP contribution in [0.25, 0.3) is 5.57 Å². The third-order valence-electron chi connectivity index (χ3n) is 2.53. The van der Waals surface area contributed by atoms with Gasteiger partial charge in [-0.05, 0) is 23.3 Å². The third kappa shape index (κ3) is 2.64. The van der Waals surface area contributed by atoms with E-state index in [0.717, 1.165) is 28.1 Å². The van der Waals surface area contributed by atoms with Gasteiger partial charge in [0.2, 0.25) is 0 Å². The maximum Gasteiger partial charge on any atom is 0.416 e. The van der Waals surface area contributed by atoms with Crippen LogP contribution in [-0.4, -0.2) is 4.86 Å². The van der Waals surface area contributed by atoms with E-state index in [0.29, 0.717) is 6.42 Å². The largest absolute Gasteiger partial charge is 0.416 e. The number of thiocarbonyl (C=S) groups is 1. The van der Waals surface area contributed by atoms with E-state index < -0.39 is 11.7 Å². The number of rotatable bonds is 1. The first kappa shape index (κ1) is 12.0. The number of alkyl halides is 3. The van der Waals surface area contributed by atoms with Crippen LogP contribution in [0.2, 0.25) is 0 Å². The summed E-state index contributed by atoms with van der Waals surface area (Å²) in [5.74, 6) is 0. The van der Waals surface area contributed by atoms with Gasteiger partial charge < -0.3 is 0 Å². The van der Waals surface area contributed by atoms with Gasteiger partial charge >= 0.3 is 6.18 Å². The Morgan fingerprint density at radius 1 is 1.06 bits per heavy atom. The zero-order chi connectivity index (χ0) is 12.5. The normalized spacial score (nSPS) is 15.9. The lowest BCUT2D eigenvalue weighted by atomic mass is 9.96. The highest BCUT2D eigenvalue weighted by molar-refractivity contribution is 7.81. The zero-order valence-corrected chi connectivity index (χ0v) is 9.61. The van der Waals surface area contributed by atoms with Gasteiger partial charge in [-0.2, -0.15) is 13.2 Å². The lowest BCUT2D eigenvalue weighted by Crippen LogP contribution is -2.05. The Morgan fingerprint density at radius 3 is 2.24 bits per heavy atom. The van der Waals surface area contributed by atoms with Crippen LogP contribution in [0.3, 0.4) is 0 Å². The summed E-state index contributed by atoms with van der Waals surface area (Å²) in [4.78, 5) is 0.757. The molecule has 1 aliphatic carbocycles. The Hall–Kier alpha value is -1.42. The van der Waals surface area contributed by atoms with Crippen molar-refractivity contribution in [3.8, 4) is 0 Å². The van der Waals surface area contributed by atoms with E-state index in [-0.39, 0.29) is 0 Å². The van der Waals surface area contributed by atoms with E-state index in [9.17, 15) is 13.2 Å².